The Morgan fingerprint density at radius 2 is 2.00 bits per heavy atom. The van der Waals surface area contributed by atoms with E-state index in [1.54, 1.807) is 24.1 Å². The zero-order chi connectivity index (χ0) is 16.9. The first-order chi connectivity index (χ1) is 11.6. The fourth-order valence-corrected chi connectivity index (χ4v) is 2.97. The number of nitrogens with zero attached hydrogens (tertiary/aromatic N) is 1. The quantitative estimate of drug-likeness (QED) is 0.939. The molecule has 1 aliphatic heterocycles. The standard InChI is InChI=1S/C19H22N2O3/c1-21(13-15-9-5-6-12-24-15)19(23)16-10-11-17(20-18(16)22)14-7-3-2-4-8-14/h2-4,7-8,10-11,15H,5-6,9,12-13H2,1H3,(H,20,22)/t15-/m0/s1. The van der Waals surface area contributed by atoms with Gasteiger partial charge in [-0.2, -0.15) is 0 Å². The molecule has 1 aromatic carbocycles. The van der Waals surface area contributed by atoms with Gasteiger partial charge in [0.25, 0.3) is 11.5 Å². The zero-order valence-corrected chi connectivity index (χ0v) is 13.8. The second kappa shape index (κ2) is 7.45. The van der Waals surface area contributed by atoms with Gasteiger partial charge in [-0.3, -0.25) is 9.59 Å². The highest BCUT2D eigenvalue weighted by Crippen LogP contribution is 2.16. The van der Waals surface area contributed by atoms with Crippen molar-refractivity contribution < 1.29 is 9.53 Å². The van der Waals surface area contributed by atoms with Gasteiger partial charge in [0.05, 0.1) is 6.10 Å². The number of hydrogen-bond acceptors (Lipinski definition) is 3. The Morgan fingerprint density at radius 1 is 1.21 bits per heavy atom. The molecule has 2 aromatic rings. The van der Waals surface area contributed by atoms with Crippen molar-refractivity contribution in [1.29, 1.82) is 0 Å². The summed E-state index contributed by atoms with van der Waals surface area (Å²) in [7, 11) is 1.71. The molecule has 126 valence electrons. The molecule has 5 nitrogen and oxygen atoms in total. The minimum atomic E-state index is -0.363. The van der Waals surface area contributed by atoms with Crippen molar-refractivity contribution >= 4 is 5.91 Å². The maximum Gasteiger partial charge on any atom is 0.261 e. The Kier molecular flexibility index (Phi) is 5.11. The molecular weight excluding hydrogens is 304 g/mol. The van der Waals surface area contributed by atoms with Crippen LogP contribution in [-0.4, -0.2) is 42.1 Å². The van der Waals surface area contributed by atoms with Crippen LogP contribution in [0.15, 0.2) is 47.3 Å². The zero-order valence-electron chi connectivity index (χ0n) is 13.8. The molecule has 0 spiro atoms. The lowest BCUT2D eigenvalue weighted by atomic mass is 10.1. The number of nitrogens with one attached hydrogen (secondary N) is 1. The van der Waals surface area contributed by atoms with Crippen LogP contribution in [0.3, 0.4) is 0 Å². The molecule has 0 bridgehead atoms. The number of pyridine rings is 1. The summed E-state index contributed by atoms with van der Waals surface area (Å²) in [5.41, 5.74) is 1.42. The van der Waals surface area contributed by atoms with E-state index in [-0.39, 0.29) is 23.1 Å². The normalized spacial score (nSPS) is 17.5. The molecule has 0 aliphatic carbocycles. The van der Waals surface area contributed by atoms with E-state index in [4.69, 9.17) is 4.74 Å². The molecular formula is C19H22N2O3. The number of H-pyrrole nitrogens is 1. The molecule has 0 radical (unpaired) electrons. The Balaban J connectivity index is 1.74. The Hall–Kier alpha value is -2.40. The Morgan fingerprint density at radius 3 is 2.67 bits per heavy atom. The van der Waals surface area contributed by atoms with Gasteiger partial charge in [-0.1, -0.05) is 30.3 Å². The van der Waals surface area contributed by atoms with Crippen molar-refractivity contribution in [1.82, 2.24) is 9.88 Å². The molecule has 1 saturated heterocycles. The number of ether oxygens (including phenoxy) is 1. The minimum absolute atomic E-state index is 0.0652. The first-order valence-corrected chi connectivity index (χ1v) is 8.31. The molecule has 1 aliphatic rings. The van der Waals surface area contributed by atoms with Crippen molar-refractivity contribution in [2.45, 2.75) is 25.4 Å². The summed E-state index contributed by atoms with van der Waals surface area (Å²) >= 11 is 0. The molecule has 1 atom stereocenters. The van der Waals surface area contributed by atoms with E-state index in [1.165, 1.54) is 0 Å². The number of rotatable bonds is 4. The molecule has 24 heavy (non-hydrogen) atoms. The van der Waals surface area contributed by atoms with E-state index in [0.29, 0.717) is 12.2 Å². The maximum absolute atomic E-state index is 12.5. The average Bonchev–Trinajstić information content (AvgIpc) is 2.62. The average molecular weight is 326 g/mol. The van der Waals surface area contributed by atoms with E-state index in [1.807, 2.05) is 30.3 Å². The second-order valence-corrected chi connectivity index (χ2v) is 6.16. The molecule has 1 fully saturated rings. The predicted octanol–water partition coefficient (Wildman–Crippen LogP) is 2.68. The summed E-state index contributed by atoms with van der Waals surface area (Å²) in [6.45, 7) is 1.26. The number of benzene rings is 1. The molecule has 1 amide bonds. The van der Waals surface area contributed by atoms with Crippen LogP contribution >= 0.6 is 0 Å². The summed E-state index contributed by atoms with van der Waals surface area (Å²) in [6, 6.07) is 12.9. The van der Waals surface area contributed by atoms with Gasteiger partial charge >= 0.3 is 0 Å². The Labute approximate surface area is 141 Å². The van der Waals surface area contributed by atoms with Crippen molar-refractivity contribution in [3.63, 3.8) is 0 Å². The number of carbonyl (C=O) groups is 1. The van der Waals surface area contributed by atoms with E-state index in [2.05, 4.69) is 4.98 Å². The lowest BCUT2D eigenvalue weighted by Gasteiger charge is -2.27. The van der Waals surface area contributed by atoms with Crippen LogP contribution in [0.4, 0.5) is 0 Å². The van der Waals surface area contributed by atoms with E-state index < -0.39 is 0 Å². The van der Waals surface area contributed by atoms with Crippen molar-refractivity contribution in [3.05, 3.63) is 58.4 Å². The van der Waals surface area contributed by atoms with Gasteiger partial charge in [-0.15, -0.1) is 0 Å². The van der Waals surface area contributed by atoms with Crippen molar-refractivity contribution in [2.75, 3.05) is 20.2 Å². The number of carbonyl (C=O) groups excluding carboxylic acids is 1. The van der Waals surface area contributed by atoms with Gasteiger partial charge in [0, 0.05) is 25.9 Å². The van der Waals surface area contributed by atoms with Gasteiger partial charge in [0.1, 0.15) is 5.56 Å². The van der Waals surface area contributed by atoms with E-state index in [0.717, 1.165) is 31.4 Å². The first kappa shape index (κ1) is 16.5. The first-order valence-electron chi connectivity index (χ1n) is 8.31. The van der Waals surface area contributed by atoms with Crippen molar-refractivity contribution in [2.24, 2.45) is 0 Å². The lowest BCUT2D eigenvalue weighted by molar-refractivity contribution is -0.000220. The van der Waals surface area contributed by atoms with Crippen LogP contribution in [0.1, 0.15) is 29.6 Å². The highest BCUT2D eigenvalue weighted by atomic mass is 16.5. The summed E-state index contributed by atoms with van der Waals surface area (Å²) < 4.78 is 5.66. The SMILES string of the molecule is CN(C[C@@H]1CCCCO1)C(=O)c1ccc(-c2ccccc2)[nH]c1=O. The highest BCUT2D eigenvalue weighted by molar-refractivity contribution is 5.94. The second-order valence-electron chi connectivity index (χ2n) is 6.16. The molecule has 1 aromatic heterocycles. The number of aromatic nitrogens is 1. The topological polar surface area (TPSA) is 62.4 Å². The third-order valence-electron chi connectivity index (χ3n) is 4.32. The molecule has 3 rings (SSSR count). The number of amides is 1. The molecule has 0 saturated carbocycles. The highest BCUT2D eigenvalue weighted by Gasteiger charge is 2.21. The summed E-state index contributed by atoms with van der Waals surface area (Å²) in [4.78, 5) is 29.2. The number of likely N-dealkylation sites (N-methyl/N-ethyl adjacent to an activating group) is 1. The number of aromatic amines is 1. The van der Waals surface area contributed by atoms with Crippen LogP contribution in [0.2, 0.25) is 0 Å². The van der Waals surface area contributed by atoms with Crippen LogP contribution < -0.4 is 5.56 Å². The van der Waals surface area contributed by atoms with Crippen molar-refractivity contribution in [3.8, 4) is 11.3 Å². The molecule has 1 N–H and O–H groups in total. The van der Waals surface area contributed by atoms with Crippen LogP contribution in [-0.2, 0) is 4.74 Å². The van der Waals surface area contributed by atoms with Gasteiger partial charge in [-0.25, -0.2) is 0 Å². The molecule has 5 heteroatoms. The minimum Gasteiger partial charge on any atom is -0.376 e. The van der Waals surface area contributed by atoms with Gasteiger partial charge in [0.15, 0.2) is 0 Å². The molecule has 2 heterocycles. The van der Waals surface area contributed by atoms with Crippen LogP contribution in [0.5, 0.6) is 0 Å². The van der Waals surface area contributed by atoms with E-state index in [9.17, 15) is 9.59 Å². The van der Waals surface area contributed by atoms with Gasteiger partial charge < -0.3 is 14.6 Å². The van der Waals surface area contributed by atoms with E-state index >= 15 is 0 Å². The monoisotopic (exact) mass is 326 g/mol. The summed E-state index contributed by atoms with van der Waals surface area (Å²) in [5, 5.41) is 0. The Bertz CT molecular complexity index is 749. The summed E-state index contributed by atoms with van der Waals surface area (Å²) in [5.74, 6) is -0.273. The molecule has 0 unspecified atom stereocenters. The third-order valence-corrected chi connectivity index (χ3v) is 4.32. The summed E-state index contributed by atoms with van der Waals surface area (Å²) in [6.07, 6.45) is 3.23. The van der Waals surface area contributed by atoms with Gasteiger partial charge in [0.2, 0.25) is 0 Å². The largest absolute Gasteiger partial charge is 0.376 e. The fourth-order valence-electron chi connectivity index (χ4n) is 2.97. The van der Waals surface area contributed by atoms with Crippen LogP contribution in [0, 0.1) is 0 Å². The lowest BCUT2D eigenvalue weighted by Crippen LogP contribution is -2.39. The fraction of sp³-hybridized carbons (Fsp3) is 0.368. The van der Waals surface area contributed by atoms with Crippen LogP contribution in [0.25, 0.3) is 11.3 Å². The smallest absolute Gasteiger partial charge is 0.261 e. The predicted molar refractivity (Wildman–Crippen MR) is 93.1 cm³/mol. The number of hydrogen-bond donors (Lipinski definition) is 1. The van der Waals surface area contributed by atoms with Gasteiger partial charge in [-0.05, 0) is 37.0 Å². The third kappa shape index (κ3) is 3.74. The maximum atomic E-state index is 12.5.